The molecule has 7 heteroatoms. The van der Waals surface area contributed by atoms with Gasteiger partial charge in [-0.05, 0) is 47.3 Å². The first-order valence-corrected chi connectivity index (χ1v) is 10.3. The maximum atomic E-state index is 12.5. The molecule has 1 aromatic heterocycles. The molecule has 3 rings (SSSR count). The van der Waals surface area contributed by atoms with Gasteiger partial charge < -0.3 is 15.5 Å². The van der Waals surface area contributed by atoms with E-state index in [1.165, 1.54) is 17.7 Å². The van der Waals surface area contributed by atoms with Crippen LogP contribution in [0, 0.1) is 5.92 Å². The lowest BCUT2D eigenvalue weighted by Crippen LogP contribution is -2.45. The minimum Gasteiger partial charge on any atom is -0.352 e. The van der Waals surface area contributed by atoms with Gasteiger partial charge in [0, 0.05) is 37.0 Å². The molecule has 5 nitrogen and oxygen atoms in total. The Morgan fingerprint density at radius 1 is 1.38 bits per heavy atom. The zero-order valence-corrected chi connectivity index (χ0v) is 16.5. The second kappa shape index (κ2) is 8.34. The number of halogens is 1. The standard InChI is InChI=1S/C17H25BrN4OS/c1-19-17(20-10-14-6-7-15(18)24-14)21-13-8-9-22(11-13)16(23)12-4-2-3-5-12/h6-7,12-13H,2-5,8-11H2,1H3,(H2,19,20,21). The Labute approximate surface area is 156 Å². The first kappa shape index (κ1) is 17.7. The van der Waals surface area contributed by atoms with E-state index in [0.29, 0.717) is 5.91 Å². The maximum Gasteiger partial charge on any atom is 0.225 e. The van der Waals surface area contributed by atoms with E-state index in [1.54, 1.807) is 18.4 Å². The summed E-state index contributed by atoms with van der Waals surface area (Å²) in [7, 11) is 1.79. The monoisotopic (exact) mass is 412 g/mol. The van der Waals surface area contributed by atoms with Crippen LogP contribution < -0.4 is 10.6 Å². The van der Waals surface area contributed by atoms with E-state index in [9.17, 15) is 4.79 Å². The van der Waals surface area contributed by atoms with Crippen molar-refractivity contribution in [1.29, 1.82) is 0 Å². The van der Waals surface area contributed by atoms with Gasteiger partial charge >= 0.3 is 0 Å². The van der Waals surface area contributed by atoms with Gasteiger partial charge in [0.25, 0.3) is 0 Å². The number of thiophene rings is 1. The molecule has 132 valence electrons. The number of rotatable bonds is 4. The van der Waals surface area contributed by atoms with Crippen LogP contribution in [0.3, 0.4) is 0 Å². The van der Waals surface area contributed by atoms with Crippen LogP contribution in [0.4, 0.5) is 0 Å². The van der Waals surface area contributed by atoms with Crippen molar-refractivity contribution >= 4 is 39.1 Å². The van der Waals surface area contributed by atoms with Gasteiger partial charge in [-0.1, -0.05) is 12.8 Å². The Hall–Kier alpha value is -1.08. The van der Waals surface area contributed by atoms with Gasteiger partial charge in [-0.25, -0.2) is 0 Å². The lowest BCUT2D eigenvalue weighted by molar-refractivity contribution is -0.134. The number of amides is 1. The van der Waals surface area contributed by atoms with E-state index in [-0.39, 0.29) is 12.0 Å². The summed E-state index contributed by atoms with van der Waals surface area (Å²) in [5.74, 6) is 1.45. The summed E-state index contributed by atoms with van der Waals surface area (Å²) in [5.41, 5.74) is 0. The molecular weight excluding hydrogens is 388 g/mol. The van der Waals surface area contributed by atoms with Gasteiger partial charge in [0.2, 0.25) is 5.91 Å². The van der Waals surface area contributed by atoms with E-state index in [2.05, 4.69) is 43.7 Å². The molecule has 0 bridgehead atoms. The summed E-state index contributed by atoms with van der Waals surface area (Å²) in [6.07, 6.45) is 5.56. The first-order valence-electron chi connectivity index (χ1n) is 8.66. The molecular formula is C17H25BrN4OS. The van der Waals surface area contributed by atoms with Crippen LogP contribution in [0.1, 0.15) is 37.0 Å². The SMILES string of the molecule is CN=C(NCc1ccc(Br)s1)NC1CCN(C(=O)C2CCCC2)C1. The van der Waals surface area contributed by atoms with Crippen LogP contribution in [-0.2, 0) is 11.3 Å². The van der Waals surface area contributed by atoms with Gasteiger partial charge in [0.15, 0.2) is 5.96 Å². The maximum absolute atomic E-state index is 12.5. The molecule has 2 fully saturated rings. The van der Waals surface area contributed by atoms with Crippen molar-refractivity contribution in [2.24, 2.45) is 10.9 Å². The molecule has 0 radical (unpaired) electrons. The fourth-order valence-corrected chi connectivity index (χ4v) is 4.94. The molecule has 1 saturated carbocycles. The number of carbonyl (C=O) groups excluding carboxylic acids is 1. The molecule has 1 unspecified atom stereocenters. The topological polar surface area (TPSA) is 56.7 Å². The average Bonchev–Trinajstić information content (AvgIpc) is 3.32. The fourth-order valence-electron chi connectivity index (χ4n) is 3.51. The Bertz CT molecular complexity index is 597. The van der Waals surface area contributed by atoms with Crippen LogP contribution >= 0.6 is 27.3 Å². The highest BCUT2D eigenvalue weighted by Crippen LogP contribution is 2.27. The highest BCUT2D eigenvalue weighted by Gasteiger charge is 2.32. The molecule has 1 aliphatic heterocycles. The van der Waals surface area contributed by atoms with Crippen molar-refractivity contribution in [2.75, 3.05) is 20.1 Å². The Balaban J connectivity index is 1.45. The summed E-state index contributed by atoms with van der Waals surface area (Å²) in [6.45, 7) is 2.41. The molecule has 2 aliphatic rings. The van der Waals surface area contributed by atoms with E-state index in [0.717, 1.165) is 48.6 Å². The Morgan fingerprint density at radius 3 is 2.83 bits per heavy atom. The van der Waals surface area contributed by atoms with Gasteiger partial charge in [-0.2, -0.15) is 0 Å². The molecule has 24 heavy (non-hydrogen) atoms. The molecule has 1 aromatic rings. The first-order chi connectivity index (χ1) is 11.7. The summed E-state index contributed by atoms with van der Waals surface area (Å²) in [4.78, 5) is 20.1. The number of hydrogen-bond acceptors (Lipinski definition) is 3. The van der Waals surface area contributed by atoms with E-state index in [1.807, 2.05) is 4.90 Å². The third kappa shape index (κ3) is 4.51. The van der Waals surface area contributed by atoms with Gasteiger partial charge in [0.1, 0.15) is 0 Å². The quantitative estimate of drug-likeness (QED) is 0.590. The Morgan fingerprint density at radius 2 is 2.17 bits per heavy atom. The molecule has 1 saturated heterocycles. The molecule has 1 amide bonds. The Kier molecular flexibility index (Phi) is 6.16. The minimum absolute atomic E-state index is 0.276. The summed E-state index contributed by atoms with van der Waals surface area (Å²) in [6, 6.07) is 4.45. The smallest absolute Gasteiger partial charge is 0.225 e. The lowest BCUT2D eigenvalue weighted by Gasteiger charge is -2.21. The lowest BCUT2D eigenvalue weighted by atomic mass is 10.1. The van der Waals surface area contributed by atoms with Crippen molar-refractivity contribution in [3.8, 4) is 0 Å². The zero-order valence-electron chi connectivity index (χ0n) is 14.1. The van der Waals surface area contributed by atoms with Crippen LogP contribution in [0.15, 0.2) is 20.9 Å². The van der Waals surface area contributed by atoms with Crippen LogP contribution in [-0.4, -0.2) is 42.9 Å². The molecule has 1 atom stereocenters. The average molecular weight is 413 g/mol. The number of hydrogen-bond donors (Lipinski definition) is 2. The van der Waals surface area contributed by atoms with Crippen LogP contribution in [0.2, 0.25) is 0 Å². The van der Waals surface area contributed by atoms with E-state index >= 15 is 0 Å². The van der Waals surface area contributed by atoms with Crippen molar-refractivity contribution in [1.82, 2.24) is 15.5 Å². The molecule has 0 spiro atoms. The third-order valence-electron chi connectivity index (χ3n) is 4.83. The highest BCUT2D eigenvalue weighted by atomic mass is 79.9. The van der Waals surface area contributed by atoms with Crippen molar-refractivity contribution in [3.05, 3.63) is 20.8 Å². The number of aliphatic imine (C=N–C) groups is 1. The van der Waals surface area contributed by atoms with Crippen molar-refractivity contribution < 1.29 is 4.79 Å². The summed E-state index contributed by atoms with van der Waals surface area (Å²) < 4.78 is 1.14. The number of nitrogens with one attached hydrogen (secondary N) is 2. The highest BCUT2D eigenvalue weighted by molar-refractivity contribution is 9.11. The predicted octanol–water partition coefficient (Wildman–Crippen LogP) is 2.97. The van der Waals surface area contributed by atoms with Gasteiger partial charge in [0.05, 0.1) is 10.3 Å². The van der Waals surface area contributed by atoms with E-state index < -0.39 is 0 Å². The second-order valence-electron chi connectivity index (χ2n) is 6.53. The summed E-state index contributed by atoms with van der Waals surface area (Å²) in [5, 5.41) is 6.81. The van der Waals surface area contributed by atoms with Gasteiger partial charge in [-0.3, -0.25) is 9.79 Å². The largest absolute Gasteiger partial charge is 0.352 e. The normalized spacial score (nSPS) is 22.2. The van der Waals surface area contributed by atoms with Crippen LogP contribution in [0.5, 0.6) is 0 Å². The molecule has 2 heterocycles. The predicted molar refractivity (Wildman–Crippen MR) is 102 cm³/mol. The number of guanidine groups is 1. The fraction of sp³-hybridized carbons (Fsp3) is 0.647. The van der Waals surface area contributed by atoms with Crippen LogP contribution in [0.25, 0.3) is 0 Å². The van der Waals surface area contributed by atoms with Crippen molar-refractivity contribution in [3.63, 3.8) is 0 Å². The summed E-state index contributed by atoms with van der Waals surface area (Å²) >= 11 is 5.20. The number of likely N-dealkylation sites (tertiary alicyclic amines) is 1. The van der Waals surface area contributed by atoms with E-state index in [4.69, 9.17) is 0 Å². The number of nitrogens with zero attached hydrogens (tertiary/aromatic N) is 2. The number of carbonyl (C=O) groups is 1. The van der Waals surface area contributed by atoms with Gasteiger partial charge in [-0.15, -0.1) is 11.3 Å². The third-order valence-corrected chi connectivity index (χ3v) is 6.45. The van der Waals surface area contributed by atoms with Crippen molar-refractivity contribution in [2.45, 2.75) is 44.7 Å². The molecule has 0 aromatic carbocycles. The molecule has 1 aliphatic carbocycles. The zero-order chi connectivity index (χ0) is 16.9. The molecule has 2 N–H and O–H groups in total. The second-order valence-corrected chi connectivity index (χ2v) is 9.07. The minimum atomic E-state index is 0.276.